The second-order valence-electron chi connectivity index (χ2n) is 8.96. The molecule has 2 amide bonds. The van der Waals surface area contributed by atoms with Gasteiger partial charge in [-0.2, -0.15) is 9.30 Å². The van der Waals surface area contributed by atoms with E-state index < -0.39 is 15.9 Å². The maximum Gasteiger partial charge on any atom is 0.279 e. The van der Waals surface area contributed by atoms with Gasteiger partial charge in [0.1, 0.15) is 0 Å². The molecule has 1 aliphatic rings. The predicted molar refractivity (Wildman–Crippen MR) is 146 cm³/mol. The van der Waals surface area contributed by atoms with Crippen molar-refractivity contribution in [3.8, 4) is 0 Å². The van der Waals surface area contributed by atoms with Crippen LogP contribution in [0.25, 0.3) is 10.2 Å². The number of carbonyl (C=O) groups is 2. The van der Waals surface area contributed by atoms with Gasteiger partial charge < -0.3 is 19.4 Å². The molecule has 0 spiro atoms. The smallest absolute Gasteiger partial charge is 0.279 e. The van der Waals surface area contributed by atoms with E-state index in [-0.39, 0.29) is 29.0 Å². The van der Waals surface area contributed by atoms with Crippen LogP contribution in [0.3, 0.4) is 0 Å². The van der Waals surface area contributed by atoms with Gasteiger partial charge in [0.05, 0.1) is 27.8 Å². The zero-order chi connectivity index (χ0) is 27.3. The van der Waals surface area contributed by atoms with Crippen molar-refractivity contribution in [2.75, 3.05) is 38.7 Å². The highest BCUT2D eigenvalue weighted by Gasteiger charge is 2.26. The number of ether oxygens (including phenoxy) is 2. The van der Waals surface area contributed by atoms with Crippen LogP contribution in [0.5, 0.6) is 0 Å². The number of benzene rings is 2. The number of nitrogens with one attached hydrogen (secondary N) is 1. The maximum atomic E-state index is 13.1. The minimum absolute atomic E-state index is 0.0977. The average molecular weight is 561 g/mol. The standard InChI is InChI=1S/C26H32N4O6S2/c1-4-35-15-13-30-23-12-9-20(27-18(2)31)16-24(23)37-26(30)28-25(32)19-7-10-22(11-8-19)38(33,34)29(3)17-21-6-5-14-36-21/h7-12,16,21H,4-6,13-15,17H2,1-3H3,(H,27,31). The van der Waals surface area contributed by atoms with Gasteiger partial charge in [-0.05, 0) is 62.2 Å². The molecular weight excluding hydrogens is 528 g/mol. The quantitative estimate of drug-likeness (QED) is 0.380. The third-order valence-electron chi connectivity index (χ3n) is 6.16. The highest BCUT2D eigenvalue weighted by atomic mass is 32.2. The number of likely N-dealkylation sites (N-methyl/N-ethyl adjacent to an activating group) is 1. The molecule has 1 fully saturated rings. The van der Waals surface area contributed by atoms with E-state index in [2.05, 4.69) is 10.3 Å². The first kappa shape index (κ1) is 28.1. The summed E-state index contributed by atoms with van der Waals surface area (Å²) < 4.78 is 41.1. The zero-order valence-corrected chi connectivity index (χ0v) is 23.3. The summed E-state index contributed by atoms with van der Waals surface area (Å²) >= 11 is 1.33. The molecule has 1 unspecified atom stereocenters. The number of hydrogen-bond donors (Lipinski definition) is 1. The van der Waals surface area contributed by atoms with E-state index >= 15 is 0 Å². The van der Waals surface area contributed by atoms with E-state index in [0.29, 0.717) is 36.9 Å². The molecule has 4 rings (SSSR count). The van der Waals surface area contributed by atoms with E-state index in [1.54, 1.807) is 6.07 Å². The Balaban J connectivity index is 1.60. The number of aromatic nitrogens is 1. The molecule has 3 aromatic rings. The lowest BCUT2D eigenvalue weighted by atomic mass is 10.2. The number of carbonyl (C=O) groups excluding carboxylic acids is 2. The van der Waals surface area contributed by atoms with E-state index in [1.165, 1.54) is 53.9 Å². The Labute approximate surface area is 225 Å². The number of amides is 2. The van der Waals surface area contributed by atoms with Crippen LogP contribution in [0.1, 0.15) is 37.0 Å². The SMILES string of the molecule is CCOCCn1c(=NC(=O)c2ccc(S(=O)(=O)N(C)CC3CCCO3)cc2)sc2cc(NC(C)=O)ccc21. The van der Waals surface area contributed by atoms with E-state index in [4.69, 9.17) is 9.47 Å². The highest BCUT2D eigenvalue weighted by Crippen LogP contribution is 2.23. The Morgan fingerprint density at radius 1 is 1.24 bits per heavy atom. The molecule has 1 saturated heterocycles. The average Bonchev–Trinajstić information content (AvgIpc) is 3.51. The highest BCUT2D eigenvalue weighted by molar-refractivity contribution is 7.89. The zero-order valence-electron chi connectivity index (χ0n) is 21.7. The van der Waals surface area contributed by atoms with Crippen molar-refractivity contribution < 1.29 is 27.5 Å². The third-order valence-corrected chi connectivity index (χ3v) is 9.04. The molecule has 0 radical (unpaired) electrons. The summed E-state index contributed by atoms with van der Waals surface area (Å²) in [5.41, 5.74) is 1.80. The monoisotopic (exact) mass is 560 g/mol. The first-order valence-electron chi connectivity index (χ1n) is 12.4. The van der Waals surface area contributed by atoms with Gasteiger partial charge in [0.25, 0.3) is 5.91 Å². The van der Waals surface area contributed by atoms with Crippen LogP contribution < -0.4 is 10.1 Å². The molecule has 12 heteroatoms. The Bertz CT molecular complexity index is 1470. The molecule has 10 nitrogen and oxygen atoms in total. The maximum absolute atomic E-state index is 13.1. The van der Waals surface area contributed by atoms with E-state index in [9.17, 15) is 18.0 Å². The normalized spacial score (nSPS) is 16.4. The van der Waals surface area contributed by atoms with Gasteiger partial charge in [-0.3, -0.25) is 9.59 Å². The van der Waals surface area contributed by atoms with Crippen LogP contribution in [0.4, 0.5) is 5.69 Å². The number of nitrogens with zero attached hydrogens (tertiary/aromatic N) is 3. The number of sulfonamides is 1. The summed E-state index contributed by atoms with van der Waals surface area (Å²) in [6.07, 6.45) is 1.67. The largest absolute Gasteiger partial charge is 0.380 e. The molecule has 0 bridgehead atoms. The van der Waals surface area contributed by atoms with Crippen molar-refractivity contribution in [1.82, 2.24) is 8.87 Å². The fourth-order valence-corrected chi connectivity index (χ4v) is 6.53. The van der Waals surface area contributed by atoms with Crippen molar-refractivity contribution >= 4 is 49.1 Å². The fourth-order valence-electron chi connectivity index (χ4n) is 4.23. The van der Waals surface area contributed by atoms with Crippen molar-refractivity contribution in [3.05, 3.63) is 52.8 Å². The number of thiazole rings is 1. The second kappa shape index (κ2) is 12.3. The lowest BCUT2D eigenvalue weighted by molar-refractivity contribution is -0.114. The Morgan fingerprint density at radius 3 is 2.66 bits per heavy atom. The van der Waals surface area contributed by atoms with Crippen LogP contribution in [0, 0.1) is 0 Å². The van der Waals surface area contributed by atoms with Crippen molar-refractivity contribution in [1.29, 1.82) is 0 Å². The summed E-state index contributed by atoms with van der Waals surface area (Å²) in [7, 11) is -2.18. The van der Waals surface area contributed by atoms with Gasteiger partial charge in [0, 0.05) is 51.5 Å². The molecular formula is C26H32N4O6S2. The second-order valence-corrected chi connectivity index (χ2v) is 12.0. The van der Waals surface area contributed by atoms with Gasteiger partial charge >= 0.3 is 0 Å². The van der Waals surface area contributed by atoms with Gasteiger partial charge in [0.15, 0.2) is 4.80 Å². The lowest BCUT2D eigenvalue weighted by Crippen LogP contribution is -2.34. The molecule has 0 aliphatic carbocycles. The van der Waals surface area contributed by atoms with E-state index in [0.717, 1.165) is 23.1 Å². The summed E-state index contributed by atoms with van der Waals surface area (Å²) in [5, 5.41) is 2.77. The summed E-state index contributed by atoms with van der Waals surface area (Å²) in [6, 6.07) is 11.3. The molecule has 2 aromatic carbocycles. The predicted octanol–water partition coefficient (Wildman–Crippen LogP) is 3.24. The van der Waals surface area contributed by atoms with E-state index in [1.807, 2.05) is 23.6 Å². The third kappa shape index (κ3) is 6.56. The van der Waals surface area contributed by atoms with Crippen molar-refractivity contribution in [3.63, 3.8) is 0 Å². The molecule has 0 saturated carbocycles. The van der Waals surface area contributed by atoms with Gasteiger partial charge in [-0.25, -0.2) is 8.42 Å². The van der Waals surface area contributed by atoms with Crippen LogP contribution in [0.15, 0.2) is 52.4 Å². The minimum atomic E-state index is -3.71. The van der Waals surface area contributed by atoms with Crippen molar-refractivity contribution in [2.24, 2.45) is 4.99 Å². The summed E-state index contributed by atoms with van der Waals surface area (Å²) in [4.78, 5) is 29.5. The Hall–Kier alpha value is -2.90. The van der Waals surface area contributed by atoms with Crippen molar-refractivity contribution in [2.45, 2.75) is 44.2 Å². The molecule has 1 aliphatic heterocycles. The number of hydrogen-bond acceptors (Lipinski definition) is 7. The molecule has 38 heavy (non-hydrogen) atoms. The van der Waals surface area contributed by atoms with Crippen LogP contribution in [-0.4, -0.2) is 68.6 Å². The number of anilines is 1. The Kier molecular flexibility index (Phi) is 9.11. The van der Waals surface area contributed by atoms with Gasteiger partial charge in [-0.1, -0.05) is 11.3 Å². The first-order chi connectivity index (χ1) is 18.2. The first-order valence-corrected chi connectivity index (χ1v) is 14.7. The molecule has 1 aromatic heterocycles. The number of rotatable bonds is 10. The molecule has 2 heterocycles. The minimum Gasteiger partial charge on any atom is -0.380 e. The molecule has 204 valence electrons. The summed E-state index contributed by atoms with van der Waals surface area (Å²) in [5.74, 6) is -0.658. The van der Waals surface area contributed by atoms with Crippen LogP contribution in [-0.2, 0) is 30.8 Å². The van der Waals surface area contributed by atoms with Gasteiger partial charge in [-0.15, -0.1) is 0 Å². The topological polar surface area (TPSA) is 119 Å². The Morgan fingerprint density at radius 2 is 2.00 bits per heavy atom. The fraction of sp³-hybridized carbons (Fsp3) is 0.423. The van der Waals surface area contributed by atoms with Crippen LogP contribution >= 0.6 is 11.3 Å². The van der Waals surface area contributed by atoms with Gasteiger partial charge in [0.2, 0.25) is 15.9 Å². The molecule has 1 atom stereocenters. The summed E-state index contributed by atoms with van der Waals surface area (Å²) in [6.45, 7) is 5.81. The molecule has 1 N–H and O–H groups in total. The van der Waals surface area contributed by atoms with Crippen LogP contribution in [0.2, 0.25) is 0 Å². The number of fused-ring (bicyclic) bond motifs is 1. The lowest BCUT2D eigenvalue weighted by Gasteiger charge is -2.20.